The predicted molar refractivity (Wildman–Crippen MR) is 136 cm³/mol. The number of thiazole rings is 1. The highest BCUT2D eigenvalue weighted by atomic mass is 32.1. The number of carbonyl (C=O) groups is 1. The largest absolute Gasteiger partial charge is 0.497 e. The fourth-order valence-electron chi connectivity index (χ4n) is 4.44. The van der Waals surface area contributed by atoms with Crippen molar-refractivity contribution in [1.82, 2.24) is 4.57 Å². The number of Topliss-reactive ketones (excluding diaryl/α,β-unsaturated/α-hetero) is 1. The fraction of sp³-hybridized carbons (Fsp3) is 0.296. The minimum atomic E-state index is -0.662. The summed E-state index contributed by atoms with van der Waals surface area (Å²) in [5.74, 6) is 1.80. The second-order valence-corrected chi connectivity index (χ2v) is 9.43. The third-order valence-corrected chi connectivity index (χ3v) is 7.19. The molecule has 0 saturated heterocycles. The number of aromatic nitrogens is 1. The Hall–Kier alpha value is -3.65. The van der Waals surface area contributed by atoms with Gasteiger partial charge in [0.2, 0.25) is 0 Å². The molecule has 7 nitrogen and oxygen atoms in total. The minimum Gasteiger partial charge on any atom is -0.497 e. The topological polar surface area (TPSA) is 79.1 Å². The zero-order chi connectivity index (χ0) is 25.4. The lowest BCUT2D eigenvalue weighted by Crippen LogP contribution is -2.39. The lowest BCUT2D eigenvalue weighted by atomic mass is 9.92. The Bertz CT molecular complexity index is 1540. The van der Waals surface area contributed by atoms with E-state index in [9.17, 15) is 9.59 Å². The summed E-state index contributed by atoms with van der Waals surface area (Å²) >= 11 is 1.30. The summed E-state index contributed by atoms with van der Waals surface area (Å²) in [7, 11) is 4.77. The first-order chi connectivity index (χ1) is 16.7. The maximum atomic E-state index is 13.8. The lowest BCUT2D eigenvalue weighted by Gasteiger charge is -2.26. The van der Waals surface area contributed by atoms with Crippen molar-refractivity contribution in [2.24, 2.45) is 4.99 Å². The van der Waals surface area contributed by atoms with Crippen molar-refractivity contribution in [3.8, 4) is 17.2 Å². The van der Waals surface area contributed by atoms with Crippen LogP contribution in [0.4, 0.5) is 0 Å². The molecule has 0 spiro atoms. The quantitative estimate of drug-likeness (QED) is 0.527. The molecular weight excluding hydrogens is 464 g/mol. The van der Waals surface area contributed by atoms with Crippen LogP contribution in [0.2, 0.25) is 0 Å². The van der Waals surface area contributed by atoms with Crippen LogP contribution in [-0.4, -0.2) is 31.7 Å². The standard InChI is InChI=1S/C27H28N2O5S/c1-14-11-21(33-6)15(2)10-18(14)12-23-26(31)29-25(20-9-8-19(32-5)13-22(20)34-7)24(17(4)30)16(3)28-27(29)35-23/h8-13,25H,1-7H3/b23-12-/t25-/m1/s1. The molecule has 0 N–H and O–H groups in total. The number of ketones is 1. The van der Waals surface area contributed by atoms with Crippen molar-refractivity contribution >= 4 is 23.2 Å². The summed E-state index contributed by atoms with van der Waals surface area (Å²) in [6.07, 6.45) is 1.88. The Kier molecular flexibility index (Phi) is 6.67. The summed E-state index contributed by atoms with van der Waals surface area (Å²) in [6.45, 7) is 7.24. The van der Waals surface area contributed by atoms with Crippen molar-refractivity contribution < 1.29 is 19.0 Å². The zero-order valence-electron chi connectivity index (χ0n) is 20.9. The number of hydrogen-bond acceptors (Lipinski definition) is 7. The van der Waals surface area contributed by atoms with E-state index in [0.717, 1.165) is 22.4 Å². The van der Waals surface area contributed by atoms with Crippen LogP contribution >= 0.6 is 11.3 Å². The molecule has 8 heteroatoms. The average molecular weight is 493 g/mol. The van der Waals surface area contributed by atoms with Gasteiger partial charge in [-0.1, -0.05) is 11.3 Å². The molecule has 0 radical (unpaired) electrons. The SMILES string of the molecule is COc1ccc([C@@H]2C(C(C)=O)=C(C)N=c3s/c(=C\c4cc(C)c(OC)cc4C)c(=O)n32)c(OC)c1. The summed E-state index contributed by atoms with van der Waals surface area (Å²) in [6, 6.07) is 8.68. The van der Waals surface area contributed by atoms with E-state index in [0.29, 0.717) is 37.7 Å². The molecule has 0 unspecified atom stereocenters. The monoisotopic (exact) mass is 492 g/mol. The van der Waals surface area contributed by atoms with Crippen molar-refractivity contribution in [1.29, 1.82) is 0 Å². The van der Waals surface area contributed by atoms with Crippen LogP contribution in [0, 0.1) is 13.8 Å². The first-order valence-corrected chi connectivity index (χ1v) is 11.9. The summed E-state index contributed by atoms with van der Waals surface area (Å²) < 4.78 is 18.5. The van der Waals surface area contributed by atoms with E-state index in [1.54, 1.807) is 45.0 Å². The van der Waals surface area contributed by atoms with Crippen molar-refractivity contribution in [3.05, 3.63) is 83.5 Å². The molecule has 0 bridgehead atoms. The second kappa shape index (κ2) is 9.54. The van der Waals surface area contributed by atoms with E-state index in [4.69, 9.17) is 14.2 Å². The number of rotatable bonds is 6. The number of aryl methyl sites for hydroxylation is 2. The maximum Gasteiger partial charge on any atom is 0.271 e. The van der Waals surface area contributed by atoms with E-state index in [-0.39, 0.29) is 11.3 Å². The van der Waals surface area contributed by atoms with Crippen LogP contribution in [0.3, 0.4) is 0 Å². The first-order valence-electron chi connectivity index (χ1n) is 11.1. The molecule has 0 aliphatic carbocycles. The highest BCUT2D eigenvalue weighted by Gasteiger charge is 2.32. The molecule has 1 aromatic heterocycles. The Balaban J connectivity index is 1.99. The van der Waals surface area contributed by atoms with E-state index in [1.165, 1.54) is 18.3 Å². The van der Waals surface area contributed by atoms with Crippen LogP contribution in [0.15, 0.2) is 51.4 Å². The molecule has 2 aromatic carbocycles. The molecule has 182 valence electrons. The summed E-state index contributed by atoms with van der Waals surface area (Å²) in [5.41, 5.74) is 4.43. The zero-order valence-corrected chi connectivity index (χ0v) is 21.7. The Labute approximate surface area is 207 Å². The van der Waals surface area contributed by atoms with Gasteiger partial charge in [0.25, 0.3) is 5.56 Å². The molecular formula is C27H28N2O5S. The van der Waals surface area contributed by atoms with Gasteiger partial charge in [-0.25, -0.2) is 4.99 Å². The lowest BCUT2D eigenvalue weighted by molar-refractivity contribution is -0.114. The minimum absolute atomic E-state index is 0.148. The van der Waals surface area contributed by atoms with E-state index >= 15 is 0 Å². The molecule has 4 rings (SSSR count). The first kappa shape index (κ1) is 24.5. The van der Waals surface area contributed by atoms with Crippen LogP contribution in [-0.2, 0) is 4.79 Å². The maximum absolute atomic E-state index is 13.8. The Morgan fingerprint density at radius 1 is 1.00 bits per heavy atom. The van der Waals surface area contributed by atoms with Gasteiger partial charge in [0, 0.05) is 22.9 Å². The number of methoxy groups -OCH3 is 3. The predicted octanol–water partition coefficient (Wildman–Crippen LogP) is 3.47. The van der Waals surface area contributed by atoms with Crippen LogP contribution in [0.25, 0.3) is 6.08 Å². The summed E-state index contributed by atoms with van der Waals surface area (Å²) in [5, 5.41) is 0. The molecule has 1 atom stereocenters. The fourth-order valence-corrected chi connectivity index (χ4v) is 5.48. The smallest absolute Gasteiger partial charge is 0.271 e. The van der Waals surface area contributed by atoms with Crippen molar-refractivity contribution in [2.75, 3.05) is 21.3 Å². The molecule has 3 aromatic rings. The summed E-state index contributed by atoms with van der Waals surface area (Å²) in [4.78, 5) is 31.7. The number of ether oxygens (including phenoxy) is 3. The number of fused-ring (bicyclic) bond motifs is 1. The molecule has 1 aliphatic heterocycles. The number of hydrogen-bond donors (Lipinski definition) is 0. The number of allylic oxidation sites excluding steroid dienone is 2. The van der Waals surface area contributed by atoms with E-state index < -0.39 is 6.04 Å². The molecule has 2 heterocycles. The van der Waals surface area contributed by atoms with Gasteiger partial charge in [0.05, 0.1) is 31.9 Å². The van der Waals surface area contributed by atoms with Gasteiger partial charge in [-0.05, 0) is 74.7 Å². The van der Waals surface area contributed by atoms with Crippen LogP contribution in [0.5, 0.6) is 17.2 Å². The molecule has 0 fully saturated rings. The van der Waals surface area contributed by atoms with Gasteiger partial charge in [-0.3, -0.25) is 14.2 Å². The van der Waals surface area contributed by atoms with Gasteiger partial charge in [0.15, 0.2) is 10.6 Å². The third kappa shape index (κ3) is 4.30. The van der Waals surface area contributed by atoms with Crippen molar-refractivity contribution in [2.45, 2.75) is 33.7 Å². The van der Waals surface area contributed by atoms with Gasteiger partial charge in [-0.15, -0.1) is 0 Å². The molecule has 1 aliphatic rings. The number of nitrogens with zero attached hydrogens (tertiary/aromatic N) is 2. The van der Waals surface area contributed by atoms with Gasteiger partial charge in [-0.2, -0.15) is 0 Å². The third-order valence-electron chi connectivity index (χ3n) is 6.21. The van der Waals surface area contributed by atoms with Crippen LogP contribution in [0.1, 0.15) is 42.1 Å². The Morgan fingerprint density at radius 2 is 1.71 bits per heavy atom. The Morgan fingerprint density at radius 3 is 2.34 bits per heavy atom. The number of carbonyl (C=O) groups excluding carboxylic acids is 1. The molecule has 35 heavy (non-hydrogen) atoms. The molecule has 0 amide bonds. The van der Waals surface area contributed by atoms with Crippen molar-refractivity contribution in [3.63, 3.8) is 0 Å². The van der Waals surface area contributed by atoms with Gasteiger partial charge < -0.3 is 14.2 Å². The van der Waals surface area contributed by atoms with Crippen LogP contribution < -0.4 is 29.1 Å². The normalized spacial score (nSPS) is 15.5. The highest BCUT2D eigenvalue weighted by molar-refractivity contribution is 7.07. The van der Waals surface area contributed by atoms with Gasteiger partial charge in [0.1, 0.15) is 17.2 Å². The number of benzene rings is 2. The van der Waals surface area contributed by atoms with E-state index in [1.807, 2.05) is 38.1 Å². The van der Waals surface area contributed by atoms with E-state index in [2.05, 4.69) is 4.99 Å². The second-order valence-electron chi connectivity index (χ2n) is 8.42. The molecule has 0 saturated carbocycles. The highest BCUT2D eigenvalue weighted by Crippen LogP contribution is 2.37. The average Bonchev–Trinajstić information content (AvgIpc) is 3.13. The van der Waals surface area contributed by atoms with Gasteiger partial charge >= 0.3 is 0 Å².